The average molecular weight is 292 g/mol. The Morgan fingerprint density at radius 1 is 0.842 bits per heavy atom. The summed E-state index contributed by atoms with van der Waals surface area (Å²) in [6.45, 7) is 1.11. The van der Waals surface area contributed by atoms with Gasteiger partial charge in [0.05, 0.1) is 0 Å². The van der Waals surface area contributed by atoms with Crippen molar-refractivity contribution in [2.45, 2.75) is 26.2 Å². The lowest BCUT2D eigenvalue weighted by Crippen LogP contribution is -2.18. The van der Waals surface area contributed by atoms with Crippen molar-refractivity contribution in [1.29, 1.82) is 0 Å². The molecule has 0 aliphatic carbocycles. The molecule has 0 amide bonds. The molecule has 0 bridgehead atoms. The molecule has 0 radical (unpaired) electrons. The van der Waals surface area contributed by atoms with Crippen LogP contribution < -0.4 is 0 Å². The summed E-state index contributed by atoms with van der Waals surface area (Å²) in [7, 11) is 0. The van der Waals surface area contributed by atoms with Gasteiger partial charge in [0.1, 0.15) is 6.61 Å². The molecule has 0 aromatic heterocycles. The van der Waals surface area contributed by atoms with E-state index in [1.807, 2.05) is 0 Å². The second-order valence-corrected chi connectivity index (χ2v) is 3.56. The van der Waals surface area contributed by atoms with E-state index in [9.17, 15) is 30.7 Å². The van der Waals surface area contributed by atoms with Crippen LogP contribution in [0.15, 0.2) is 0 Å². The molecule has 8 heteroatoms. The lowest BCUT2D eigenvalue weighted by atomic mass is 10.2. The van der Waals surface area contributed by atoms with Crippen molar-refractivity contribution in [3.63, 3.8) is 0 Å². The van der Waals surface area contributed by atoms with Gasteiger partial charge in [0.15, 0.2) is 23.3 Å². The summed E-state index contributed by atoms with van der Waals surface area (Å²) in [5, 5.41) is 7.84. The van der Waals surface area contributed by atoms with Crippen LogP contribution in [0.25, 0.3) is 0 Å². The molecule has 19 heavy (non-hydrogen) atoms. The summed E-state index contributed by atoms with van der Waals surface area (Å²) in [6, 6.07) is 0. The van der Waals surface area contributed by atoms with Crippen molar-refractivity contribution in [3.05, 3.63) is 34.6 Å². The van der Waals surface area contributed by atoms with Gasteiger partial charge < -0.3 is 5.11 Å². The topological polar surface area (TPSA) is 20.2 Å². The van der Waals surface area contributed by atoms with Crippen LogP contribution in [0.5, 0.6) is 0 Å². The fraction of sp³-hybridized carbons (Fsp3) is 0.455. The number of hydrogen-bond acceptors (Lipinski definition) is 1. The predicted molar refractivity (Wildman–Crippen MR) is 53.3 cm³/mol. The molecule has 0 unspecified atom stereocenters. The van der Waals surface area contributed by atoms with Gasteiger partial charge in [-0.2, -0.15) is 0 Å². The maximum absolute atomic E-state index is 12.4. The van der Waals surface area contributed by atoms with Crippen LogP contribution >= 0.6 is 0 Å². The smallest absolute Gasteiger partial charge is 0.270 e. The Hall–Kier alpha value is -1.31. The third-order valence-corrected chi connectivity index (χ3v) is 2.18. The van der Waals surface area contributed by atoms with Crippen molar-refractivity contribution in [2.75, 3.05) is 6.61 Å². The molecule has 110 valence electrons. The van der Waals surface area contributed by atoms with Crippen LogP contribution in [-0.2, 0) is 0 Å². The van der Waals surface area contributed by atoms with Gasteiger partial charge in [-0.05, 0) is 6.92 Å². The zero-order valence-corrected chi connectivity index (χ0v) is 10.0. The highest BCUT2D eigenvalue weighted by molar-refractivity contribution is 5.22. The van der Waals surface area contributed by atoms with E-state index >= 15 is 0 Å². The van der Waals surface area contributed by atoms with Crippen molar-refractivity contribution in [1.82, 2.24) is 0 Å². The normalized spacial score (nSPS) is 11.1. The quantitative estimate of drug-likeness (QED) is 0.500. The first kappa shape index (κ1) is 17.7. The molecule has 0 saturated carbocycles. The molecule has 0 atom stereocenters. The summed E-state index contributed by atoms with van der Waals surface area (Å²) >= 11 is 0. The minimum atomic E-state index is -2.86. The van der Waals surface area contributed by atoms with Gasteiger partial charge in [-0.25, -0.2) is 30.7 Å². The van der Waals surface area contributed by atoms with E-state index in [-0.39, 0.29) is 6.42 Å². The number of aliphatic hydroxyl groups excluding tert-OH is 1. The van der Waals surface area contributed by atoms with Crippen molar-refractivity contribution in [3.8, 4) is 0 Å². The summed E-state index contributed by atoms with van der Waals surface area (Å²) in [5.41, 5.74) is -0.869. The highest BCUT2D eigenvalue weighted by atomic mass is 19.3. The third kappa shape index (κ3) is 4.38. The van der Waals surface area contributed by atoms with Crippen molar-refractivity contribution in [2.24, 2.45) is 0 Å². The monoisotopic (exact) mass is 292 g/mol. The number of hydrogen-bond donors (Lipinski definition) is 1. The summed E-state index contributed by atoms with van der Waals surface area (Å²) < 4.78 is 84.8. The molecule has 0 saturated heterocycles. The van der Waals surface area contributed by atoms with E-state index in [0.717, 1.165) is 6.92 Å². The van der Waals surface area contributed by atoms with E-state index in [2.05, 4.69) is 0 Å². The molecule has 1 aromatic carbocycles. The molecule has 0 spiro atoms. The number of aliphatic hydroxyl groups is 1. The largest absolute Gasteiger partial charge is 0.390 e. The van der Waals surface area contributed by atoms with Gasteiger partial charge in [0.2, 0.25) is 5.82 Å². The first-order chi connectivity index (χ1) is 8.59. The summed E-state index contributed by atoms with van der Waals surface area (Å²) in [5.74, 6) is -12.4. The molecule has 0 aliphatic rings. The Bertz CT molecular complexity index is 334. The predicted octanol–water partition coefficient (Wildman–Crippen LogP) is 3.71. The maximum Gasteiger partial charge on any atom is 0.270 e. The Balaban J connectivity index is 0.000000399. The number of halogens is 7. The van der Waals surface area contributed by atoms with Gasteiger partial charge in [0, 0.05) is 12.0 Å². The Morgan fingerprint density at radius 3 is 1.37 bits per heavy atom. The number of rotatable bonds is 2. The van der Waals surface area contributed by atoms with Gasteiger partial charge >= 0.3 is 0 Å². The first-order valence-corrected chi connectivity index (χ1v) is 5.05. The van der Waals surface area contributed by atoms with Crippen LogP contribution in [0.1, 0.15) is 18.9 Å². The summed E-state index contributed by atoms with van der Waals surface area (Å²) in [4.78, 5) is 0. The minimum Gasteiger partial charge on any atom is -0.390 e. The van der Waals surface area contributed by atoms with Crippen molar-refractivity contribution >= 4 is 0 Å². The second kappa shape index (κ2) is 6.74. The average Bonchev–Trinajstić information content (AvgIpc) is 2.41. The Kier molecular flexibility index (Phi) is 6.28. The van der Waals surface area contributed by atoms with E-state index in [0.29, 0.717) is 0 Å². The van der Waals surface area contributed by atoms with Gasteiger partial charge in [0.25, 0.3) is 5.92 Å². The van der Waals surface area contributed by atoms with Crippen molar-refractivity contribution < 1.29 is 35.8 Å². The van der Waals surface area contributed by atoms with Crippen LogP contribution in [0.4, 0.5) is 30.7 Å². The fourth-order valence-corrected chi connectivity index (χ4v) is 0.826. The third-order valence-electron chi connectivity index (χ3n) is 2.18. The fourth-order valence-electron chi connectivity index (χ4n) is 0.826. The highest BCUT2D eigenvalue weighted by Gasteiger charge is 2.23. The SMILES string of the molecule is CCC(F)(F)CO.Cc1c(F)c(F)c(F)c(F)c1F. The molecular weight excluding hydrogens is 281 g/mol. The summed E-state index contributed by atoms with van der Waals surface area (Å²) in [6.07, 6.45) is -0.288. The highest BCUT2D eigenvalue weighted by Crippen LogP contribution is 2.21. The maximum atomic E-state index is 12.4. The number of benzene rings is 1. The minimum absolute atomic E-state index is 0.288. The van der Waals surface area contributed by atoms with Crippen LogP contribution in [0.2, 0.25) is 0 Å². The van der Waals surface area contributed by atoms with Crippen LogP contribution in [-0.4, -0.2) is 17.6 Å². The molecule has 1 N–H and O–H groups in total. The second-order valence-electron chi connectivity index (χ2n) is 3.56. The first-order valence-electron chi connectivity index (χ1n) is 5.05. The molecule has 1 aromatic rings. The van der Waals surface area contributed by atoms with E-state index in [1.54, 1.807) is 0 Å². The molecule has 0 heterocycles. The van der Waals surface area contributed by atoms with Gasteiger partial charge in [-0.3, -0.25) is 0 Å². The van der Waals surface area contributed by atoms with Gasteiger partial charge in [-0.1, -0.05) is 6.92 Å². The van der Waals surface area contributed by atoms with Crippen LogP contribution in [0, 0.1) is 36.0 Å². The molecule has 0 aliphatic heterocycles. The Morgan fingerprint density at radius 2 is 1.16 bits per heavy atom. The zero-order valence-electron chi connectivity index (χ0n) is 10.0. The van der Waals surface area contributed by atoms with Crippen LogP contribution in [0.3, 0.4) is 0 Å². The zero-order chi connectivity index (χ0) is 15.4. The van der Waals surface area contributed by atoms with E-state index < -0.39 is 47.2 Å². The lowest BCUT2D eigenvalue weighted by Gasteiger charge is -2.07. The molecule has 1 nitrogen and oxygen atoms in total. The number of alkyl halides is 2. The Labute approximate surface area is 104 Å². The van der Waals surface area contributed by atoms with E-state index in [1.165, 1.54) is 6.92 Å². The lowest BCUT2D eigenvalue weighted by molar-refractivity contribution is -0.0522. The molecule has 0 fully saturated rings. The molecule has 1 rings (SSSR count). The standard InChI is InChI=1S/C7H3F5.C4H8F2O/c1-2-3(8)5(10)7(12)6(11)4(2)9;1-2-4(5,6)3-7/h1H3;7H,2-3H2,1H3. The van der Waals surface area contributed by atoms with Gasteiger partial charge in [-0.15, -0.1) is 0 Å². The van der Waals surface area contributed by atoms with E-state index in [4.69, 9.17) is 5.11 Å². The molecular formula is C11H11F7O.